The molecule has 28 heavy (non-hydrogen) atoms. The number of benzene rings is 1. The van der Waals surface area contributed by atoms with Crippen LogP contribution in [0.25, 0.3) is 10.9 Å². The zero-order chi connectivity index (χ0) is 19.5. The fourth-order valence-electron chi connectivity index (χ4n) is 4.23. The first-order chi connectivity index (χ1) is 13.6. The zero-order valence-corrected chi connectivity index (χ0v) is 15.9. The molecule has 4 rings (SSSR count). The highest BCUT2D eigenvalue weighted by Gasteiger charge is 2.31. The van der Waals surface area contributed by atoms with E-state index in [1.165, 1.54) is 4.57 Å². The second kappa shape index (κ2) is 8.63. The number of alkyl halides is 2. The summed E-state index contributed by atoms with van der Waals surface area (Å²) < 4.78 is 33.1. The van der Waals surface area contributed by atoms with Crippen molar-refractivity contribution in [2.24, 2.45) is 0 Å². The Labute approximate surface area is 162 Å². The quantitative estimate of drug-likeness (QED) is 0.754. The third kappa shape index (κ3) is 4.09. The Morgan fingerprint density at radius 3 is 2.71 bits per heavy atom. The maximum absolute atomic E-state index is 13.2. The molecule has 2 fully saturated rings. The maximum Gasteiger partial charge on any atom is 0.261 e. The Balaban J connectivity index is 1.63. The number of para-hydroxylation sites is 1. The van der Waals surface area contributed by atoms with Gasteiger partial charge in [-0.15, -0.1) is 0 Å². The number of aromatic nitrogens is 2. The molecule has 2 aliphatic heterocycles. The van der Waals surface area contributed by atoms with Crippen molar-refractivity contribution < 1.29 is 13.5 Å². The smallest absolute Gasteiger partial charge is 0.261 e. The summed E-state index contributed by atoms with van der Waals surface area (Å²) in [7, 11) is 0. The number of hydrogen-bond donors (Lipinski definition) is 0. The number of rotatable bonds is 6. The summed E-state index contributed by atoms with van der Waals surface area (Å²) in [5, 5.41) is 0.393. The monoisotopic (exact) mass is 392 g/mol. The van der Waals surface area contributed by atoms with E-state index in [0.29, 0.717) is 16.7 Å². The van der Waals surface area contributed by atoms with Gasteiger partial charge in [-0.25, -0.2) is 13.8 Å². The first-order valence-corrected chi connectivity index (χ1v) is 9.95. The molecule has 2 saturated heterocycles. The maximum atomic E-state index is 13.2. The van der Waals surface area contributed by atoms with Gasteiger partial charge in [-0.2, -0.15) is 0 Å². The highest BCUT2D eigenvalue weighted by molar-refractivity contribution is 5.77. The zero-order valence-electron chi connectivity index (χ0n) is 15.9. The largest absolute Gasteiger partial charge is 0.379 e. The first-order valence-electron chi connectivity index (χ1n) is 9.95. The van der Waals surface area contributed by atoms with Crippen LogP contribution in [0.3, 0.4) is 0 Å². The molecule has 1 unspecified atom stereocenters. The van der Waals surface area contributed by atoms with Gasteiger partial charge in [0.05, 0.1) is 36.7 Å². The Kier molecular flexibility index (Phi) is 5.99. The molecule has 0 spiro atoms. The van der Waals surface area contributed by atoms with E-state index >= 15 is 0 Å². The Morgan fingerprint density at radius 1 is 1.14 bits per heavy atom. The molecule has 2 aliphatic rings. The molecule has 0 N–H and O–H groups in total. The third-order valence-corrected chi connectivity index (χ3v) is 5.68. The highest BCUT2D eigenvalue weighted by atomic mass is 19.3. The number of likely N-dealkylation sites (tertiary alicyclic amines) is 1. The van der Waals surface area contributed by atoms with Crippen LogP contribution in [-0.4, -0.2) is 71.7 Å². The van der Waals surface area contributed by atoms with Gasteiger partial charge < -0.3 is 4.74 Å². The van der Waals surface area contributed by atoms with E-state index in [4.69, 9.17) is 4.74 Å². The van der Waals surface area contributed by atoms with E-state index in [1.807, 2.05) is 6.07 Å². The second-order valence-electron chi connectivity index (χ2n) is 7.44. The van der Waals surface area contributed by atoms with Crippen LogP contribution in [0.2, 0.25) is 0 Å². The van der Waals surface area contributed by atoms with Crippen molar-refractivity contribution in [3.8, 4) is 0 Å². The summed E-state index contributed by atoms with van der Waals surface area (Å²) >= 11 is 0. The molecule has 1 atom stereocenters. The molecule has 0 bridgehead atoms. The number of fused-ring (bicyclic) bond motifs is 1. The second-order valence-corrected chi connectivity index (χ2v) is 7.44. The lowest BCUT2D eigenvalue weighted by Gasteiger charge is -2.31. The van der Waals surface area contributed by atoms with Gasteiger partial charge in [0, 0.05) is 26.2 Å². The van der Waals surface area contributed by atoms with Crippen LogP contribution in [0.4, 0.5) is 8.78 Å². The summed E-state index contributed by atoms with van der Waals surface area (Å²) in [6, 6.07) is 6.89. The van der Waals surface area contributed by atoms with Gasteiger partial charge >= 0.3 is 0 Å². The van der Waals surface area contributed by atoms with Crippen LogP contribution in [-0.2, 0) is 11.3 Å². The lowest BCUT2D eigenvalue weighted by molar-refractivity contribution is 0.0323. The highest BCUT2D eigenvalue weighted by Crippen LogP contribution is 2.31. The standard InChI is InChI=1S/C20H26F2N4O2/c21-18(22)14-26-19(23-16-5-2-1-4-15(16)20(26)27)17-6-3-7-25(17)9-8-24-10-12-28-13-11-24/h1-2,4-5,17-18H,3,6-14H2. The predicted molar refractivity (Wildman–Crippen MR) is 103 cm³/mol. The van der Waals surface area contributed by atoms with E-state index in [1.54, 1.807) is 18.2 Å². The van der Waals surface area contributed by atoms with Crippen molar-refractivity contribution in [1.29, 1.82) is 0 Å². The molecular weight excluding hydrogens is 366 g/mol. The summed E-state index contributed by atoms with van der Waals surface area (Å²) in [5.74, 6) is 0.475. The summed E-state index contributed by atoms with van der Waals surface area (Å²) in [6.07, 6.45) is -0.787. The fraction of sp³-hybridized carbons (Fsp3) is 0.600. The minimum absolute atomic E-state index is 0.0999. The van der Waals surface area contributed by atoms with Gasteiger partial charge in [0.25, 0.3) is 12.0 Å². The van der Waals surface area contributed by atoms with Crippen molar-refractivity contribution in [2.75, 3.05) is 45.9 Å². The van der Waals surface area contributed by atoms with E-state index in [-0.39, 0.29) is 11.6 Å². The van der Waals surface area contributed by atoms with Gasteiger partial charge in [0.2, 0.25) is 0 Å². The number of halogens is 2. The summed E-state index contributed by atoms with van der Waals surface area (Å²) in [5.41, 5.74) is 0.203. The van der Waals surface area contributed by atoms with Crippen molar-refractivity contribution in [3.05, 3.63) is 40.4 Å². The van der Waals surface area contributed by atoms with Gasteiger partial charge in [-0.3, -0.25) is 19.2 Å². The van der Waals surface area contributed by atoms with Gasteiger partial charge in [0.1, 0.15) is 5.82 Å². The van der Waals surface area contributed by atoms with Crippen LogP contribution in [0, 0.1) is 0 Å². The molecule has 0 radical (unpaired) electrons. The average Bonchev–Trinajstić information content (AvgIpc) is 3.17. The number of morpholine rings is 1. The SMILES string of the molecule is O=c1c2ccccc2nc(C2CCCN2CCN2CCOCC2)n1CC(F)F. The molecule has 8 heteroatoms. The van der Waals surface area contributed by atoms with E-state index in [2.05, 4.69) is 14.8 Å². The molecule has 2 aromatic rings. The normalized spacial score (nSPS) is 21.8. The average molecular weight is 392 g/mol. The molecule has 6 nitrogen and oxygen atoms in total. The first kappa shape index (κ1) is 19.4. The van der Waals surface area contributed by atoms with Crippen LogP contribution >= 0.6 is 0 Å². The number of ether oxygens (including phenoxy) is 1. The molecule has 1 aromatic heterocycles. The molecule has 3 heterocycles. The molecular formula is C20H26F2N4O2. The molecule has 0 aliphatic carbocycles. The number of hydrogen-bond acceptors (Lipinski definition) is 5. The summed E-state index contributed by atoms with van der Waals surface area (Å²) in [6.45, 7) is 5.37. The van der Waals surface area contributed by atoms with Gasteiger partial charge in [0.15, 0.2) is 0 Å². The van der Waals surface area contributed by atoms with Gasteiger partial charge in [-0.1, -0.05) is 12.1 Å². The Hall–Kier alpha value is -1.90. The summed E-state index contributed by atoms with van der Waals surface area (Å²) in [4.78, 5) is 22.2. The lowest BCUT2D eigenvalue weighted by Crippen LogP contribution is -2.42. The van der Waals surface area contributed by atoms with Crippen molar-refractivity contribution in [1.82, 2.24) is 19.4 Å². The molecule has 152 valence electrons. The minimum atomic E-state index is -2.59. The van der Waals surface area contributed by atoms with E-state index in [9.17, 15) is 13.6 Å². The third-order valence-electron chi connectivity index (χ3n) is 5.68. The Morgan fingerprint density at radius 2 is 1.93 bits per heavy atom. The van der Waals surface area contributed by atoms with Crippen molar-refractivity contribution >= 4 is 10.9 Å². The molecule has 0 amide bonds. The molecule has 0 saturated carbocycles. The minimum Gasteiger partial charge on any atom is -0.379 e. The van der Waals surface area contributed by atoms with Gasteiger partial charge in [-0.05, 0) is 31.5 Å². The van der Waals surface area contributed by atoms with E-state index < -0.39 is 13.0 Å². The Bertz CT molecular complexity index is 867. The lowest BCUT2D eigenvalue weighted by atomic mass is 10.1. The van der Waals surface area contributed by atoms with Crippen LogP contribution in [0.1, 0.15) is 24.7 Å². The topological polar surface area (TPSA) is 50.6 Å². The van der Waals surface area contributed by atoms with Crippen LogP contribution in [0.5, 0.6) is 0 Å². The molecule has 1 aromatic carbocycles. The van der Waals surface area contributed by atoms with E-state index in [0.717, 1.165) is 58.8 Å². The number of nitrogens with zero attached hydrogens (tertiary/aromatic N) is 4. The van der Waals surface area contributed by atoms with Crippen LogP contribution in [0.15, 0.2) is 29.1 Å². The van der Waals surface area contributed by atoms with Crippen LogP contribution < -0.4 is 5.56 Å². The predicted octanol–water partition coefficient (Wildman–Crippen LogP) is 2.13. The fourth-order valence-corrected chi connectivity index (χ4v) is 4.23. The van der Waals surface area contributed by atoms with Crippen molar-refractivity contribution in [3.63, 3.8) is 0 Å². The van der Waals surface area contributed by atoms with Crippen molar-refractivity contribution in [2.45, 2.75) is 31.9 Å².